The summed E-state index contributed by atoms with van der Waals surface area (Å²) in [6.07, 6.45) is 1.45. The predicted molar refractivity (Wildman–Crippen MR) is 138 cm³/mol. The molecule has 0 heterocycles. The lowest BCUT2D eigenvalue weighted by Crippen LogP contribution is -2.13. The number of nitrogens with zero attached hydrogens (tertiary/aromatic N) is 1. The Labute approximate surface area is 216 Å². The van der Waals surface area contributed by atoms with Crippen LogP contribution in [0.15, 0.2) is 70.7 Å². The van der Waals surface area contributed by atoms with Gasteiger partial charge in [0.1, 0.15) is 24.0 Å². The maximum atomic E-state index is 12.7. The molecule has 0 aliphatic rings. The Morgan fingerprint density at radius 2 is 1.75 bits per heavy atom. The highest BCUT2D eigenvalue weighted by molar-refractivity contribution is 9.10. The summed E-state index contributed by atoms with van der Waals surface area (Å²) < 4.78 is 17.3. The first-order chi connectivity index (χ1) is 17.3. The molecule has 0 spiro atoms. The zero-order valence-corrected chi connectivity index (χ0v) is 21.2. The number of rotatable bonds is 10. The van der Waals surface area contributed by atoms with Crippen molar-refractivity contribution in [3.63, 3.8) is 0 Å². The van der Waals surface area contributed by atoms with Crippen molar-refractivity contribution >= 4 is 39.6 Å². The number of nitriles is 1. The molecule has 0 atom stereocenters. The Kier molecular flexibility index (Phi) is 9.08. The Morgan fingerprint density at radius 1 is 1.06 bits per heavy atom. The molecular weight excluding hydrogens is 528 g/mol. The third-order valence-corrected chi connectivity index (χ3v) is 5.65. The van der Waals surface area contributed by atoms with Crippen molar-refractivity contribution in [2.24, 2.45) is 0 Å². The van der Waals surface area contributed by atoms with E-state index in [1.54, 1.807) is 48.5 Å². The molecule has 0 radical (unpaired) electrons. The predicted octanol–water partition coefficient (Wildman–Crippen LogP) is 5.68. The van der Waals surface area contributed by atoms with Crippen LogP contribution < -0.4 is 19.5 Å². The quantitative estimate of drug-likeness (QED) is 0.246. The number of ether oxygens (including phenoxy) is 3. The summed E-state index contributed by atoms with van der Waals surface area (Å²) >= 11 is 3.46. The van der Waals surface area contributed by atoms with Gasteiger partial charge in [0, 0.05) is 10.2 Å². The van der Waals surface area contributed by atoms with Crippen LogP contribution in [0.1, 0.15) is 28.4 Å². The molecule has 184 valence electrons. The average Bonchev–Trinajstić information content (AvgIpc) is 2.88. The zero-order valence-electron chi connectivity index (χ0n) is 19.6. The van der Waals surface area contributed by atoms with Gasteiger partial charge in [0.15, 0.2) is 11.5 Å². The van der Waals surface area contributed by atoms with Crippen LogP contribution in [0.25, 0.3) is 6.08 Å². The second kappa shape index (κ2) is 12.4. The maximum Gasteiger partial charge on any atom is 0.335 e. The minimum Gasteiger partial charge on any atom is -0.494 e. The fraction of sp³-hybridized carbons (Fsp3) is 0.148. The van der Waals surface area contributed by atoms with Gasteiger partial charge in [-0.25, -0.2) is 4.79 Å². The van der Waals surface area contributed by atoms with Gasteiger partial charge in [0.2, 0.25) is 0 Å². The van der Waals surface area contributed by atoms with Gasteiger partial charge in [0.25, 0.3) is 5.91 Å². The Hall–Kier alpha value is -4.29. The molecule has 1 amide bonds. The van der Waals surface area contributed by atoms with E-state index in [-0.39, 0.29) is 17.7 Å². The summed E-state index contributed by atoms with van der Waals surface area (Å²) in [6, 6.07) is 18.5. The molecule has 0 aliphatic carbocycles. The second-order valence-electron chi connectivity index (χ2n) is 7.40. The Morgan fingerprint density at radius 3 is 2.33 bits per heavy atom. The monoisotopic (exact) mass is 550 g/mol. The van der Waals surface area contributed by atoms with Gasteiger partial charge in [-0.05, 0) is 72.7 Å². The van der Waals surface area contributed by atoms with Crippen molar-refractivity contribution in [3.8, 4) is 23.3 Å². The largest absolute Gasteiger partial charge is 0.494 e. The van der Waals surface area contributed by atoms with Crippen molar-refractivity contribution < 1.29 is 28.9 Å². The first-order valence-corrected chi connectivity index (χ1v) is 11.6. The van der Waals surface area contributed by atoms with Gasteiger partial charge in [-0.1, -0.05) is 28.1 Å². The highest BCUT2D eigenvalue weighted by atomic mass is 79.9. The van der Waals surface area contributed by atoms with Gasteiger partial charge in [-0.15, -0.1) is 0 Å². The smallest absolute Gasteiger partial charge is 0.335 e. The lowest BCUT2D eigenvalue weighted by Gasteiger charge is -2.13. The van der Waals surface area contributed by atoms with Gasteiger partial charge in [0.05, 0.1) is 19.3 Å². The number of anilines is 1. The second-order valence-corrected chi connectivity index (χ2v) is 8.25. The van der Waals surface area contributed by atoms with Crippen LogP contribution in [0.4, 0.5) is 5.69 Å². The van der Waals surface area contributed by atoms with Crippen LogP contribution in [0.5, 0.6) is 17.2 Å². The highest BCUT2D eigenvalue weighted by Gasteiger charge is 2.14. The number of hydrogen-bond acceptors (Lipinski definition) is 6. The average molecular weight is 551 g/mol. The number of amides is 1. The number of carbonyl (C=O) groups is 2. The standard InChI is InChI=1S/C27H23BrN2O6/c1-3-35-22-10-8-21(9-11-22)30-26(31)20(15-29)12-19-13-24(34-2)25(14-23(19)28)36-16-17-4-6-18(7-5-17)27(32)33/h4-14H,3,16H2,1-2H3,(H,30,31)(H,32,33)/b20-12-. The molecule has 0 fully saturated rings. The summed E-state index contributed by atoms with van der Waals surface area (Å²) in [5.41, 5.74) is 1.94. The summed E-state index contributed by atoms with van der Waals surface area (Å²) in [5, 5.41) is 21.3. The Bertz CT molecular complexity index is 1310. The number of hydrogen-bond donors (Lipinski definition) is 2. The number of halogens is 1. The maximum absolute atomic E-state index is 12.7. The van der Waals surface area contributed by atoms with E-state index < -0.39 is 11.9 Å². The topological polar surface area (TPSA) is 118 Å². The number of methoxy groups -OCH3 is 1. The van der Waals surface area contributed by atoms with Crippen LogP contribution in [-0.2, 0) is 11.4 Å². The third-order valence-electron chi connectivity index (χ3n) is 4.97. The molecule has 0 saturated heterocycles. The fourth-order valence-corrected chi connectivity index (χ4v) is 3.58. The lowest BCUT2D eigenvalue weighted by molar-refractivity contribution is -0.112. The number of benzene rings is 3. The molecule has 0 bridgehead atoms. The van der Waals surface area contributed by atoms with Crippen LogP contribution in [0, 0.1) is 11.3 Å². The van der Waals surface area contributed by atoms with E-state index in [1.165, 1.54) is 25.3 Å². The van der Waals surface area contributed by atoms with Crippen molar-refractivity contribution in [1.82, 2.24) is 0 Å². The molecule has 3 aromatic carbocycles. The minimum absolute atomic E-state index is 0.0983. The molecule has 0 aromatic heterocycles. The first-order valence-electron chi connectivity index (χ1n) is 10.8. The fourth-order valence-electron chi connectivity index (χ4n) is 3.14. The van der Waals surface area contributed by atoms with E-state index in [1.807, 2.05) is 13.0 Å². The van der Waals surface area contributed by atoms with Gasteiger partial charge in [-0.3, -0.25) is 4.79 Å². The van der Waals surface area contributed by atoms with E-state index in [0.29, 0.717) is 39.6 Å². The number of carboxylic acid groups (broad SMARTS) is 1. The zero-order chi connectivity index (χ0) is 26.1. The van der Waals surface area contributed by atoms with E-state index in [9.17, 15) is 14.9 Å². The summed E-state index contributed by atoms with van der Waals surface area (Å²) in [7, 11) is 1.48. The van der Waals surface area contributed by atoms with Crippen molar-refractivity contribution in [1.29, 1.82) is 5.26 Å². The molecule has 0 saturated carbocycles. The number of aromatic carboxylic acids is 1. The first kappa shape index (κ1) is 26.3. The van der Waals surface area contributed by atoms with E-state index in [4.69, 9.17) is 19.3 Å². The molecule has 0 unspecified atom stereocenters. The third kappa shape index (κ3) is 6.87. The summed E-state index contributed by atoms with van der Waals surface area (Å²) in [5.74, 6) is -0.0431. The van der Waals surface area contributed by atoms with E-state index in [2.05, 4.69) is 21.2 Å². The summed E-state index contributed by atoms with van der Waals surface area (Å²) in [4.78, 5) is 23.7. The van der Waals surface area contributed by atoms with Gasteiger partial charge >= 0.3 is 5.97 Å². The molecule has 8 nitrogen and oxygen atoms in total. The Balaban J connectivity index is 1.76. The van der Waals surface area contributed by atoms with Crippen LogP contribution in [0.2, 0.25) is 0 Å². The van der Waals surface area contributed by atoms with E-state index in [0.717, 1.165) is 5.56 Å². The lowest BCUT2D eigenvalue weighted by atomic mass is 10.1. The van der Waals surface area contributed by atoms with Gasteiger partial charge < -0.3 is 24.6 Å². The van der Waals surface area contributed by atoms with Gasteiger partial charge in [-0.2, -0.15) is 5.26 Å². The SMILES string of the molecule is CCOc1ccc(NC(=O)/C(C#N)=C\c2cc(OC)c(OCc3ccc(C(=O)O)cc3)cc2Br)cc1. The number of carboxylic acids is 1. The molecule has 0 aliphatic heterocycles. The molecular formula is C27H23BrN2O6. The molecule has 2 N–H and O–H groups in total. The number of nitrogens with one attached hydrogen (secondary N) is 1. The normalized spacial score (nSPS) is 10.8. The molecule has 3 aromatic rings. The number of carbonyl (C=O) groups excluding carboxylic acids is 1. The van der Waals surface area contributed by atoms with Crippen LogP contribution in [0.3, 0.4) is 0 Å². The molecule has 36 heavy (non-hydrogen) atoms. The highest BCUT2D eigenvalue weighted by Crippen LogP contribution is 2.35. The van der Waals surface area contributed by atoms with Crippen molar-refractivity contribution in [2.75, 3.05) is 19.0 Å². The van der Waals surface area contributed by atoms with Crippen LogP contribution in [-0.4, -0.2) is 30.7 Å². The molecule has 9 heteroatoms. The molecule has 3 rings (SSSR count). The minimum atomic E-state index is -0.999. The van der Waals surface area contributed by atoms with Crippen molar-refractivity contribution in [3.05, 3.63) is 87.4 Å². The summed E-state index contributed by atoms with van der Waals surface area (Å²) in [6.45, 7) is 2.61. The van der Waals surface area contributed by atoms with Crippen molar-refractivity contribution in [2.45, 2.75) is 13.5 Å². The van der Waals surface area contributed by atoms with E-state index >= 15 is 0 Å². The van der Waals surface area contributed by atoms with Crippen LogP contribution >= 0.6 is 15.9 Å².